The fourth-order valence-corrected chi connectivity index (χ4v) is 5.11. The third-order valence-electron chi connectivity index (χ3n) is 5.16. The van der Waals surface area contributed by atoms with E-state index in [1.165, 1.54) is 18.2 Å². The van der Waals surface area contributed by atoms with Crippen LogP contribution in [0.3, 0.4) is 0 Å². The predicted molar refractivity (Wildman–Crippen MR) is 126 cm³/mol. The zero-order valence-electron chi connectivity index (χ0n) is 17.9. The molecule has 1 aliphatic rings. The third kappa shape index (κ3) is 5.23. The highest BCUT2D eigenvalue weighted by Crippen LogP contribution is 2.32. The SMILES string of the molecule is C[C@@H](NC(=O)CN(c1cccc(Cl)c1)S(=O)(=O)c1ccccc1)c1ccc2c(c1)OCCO2. The van der Waals surface area contributed by atoms with Crippen LogP contribution in [0.2, 0.25) is 5.02 Å². The van der Waals surface area contributed by atoms with Crippen LogP contribution in [0, 0.1) is 0 Å². The third-order valence-corrected chi connectivity index (χ3v) is 7.18. The Morgan fingerprint density at radius 2 is 1.73 bits per heavy atom. The van der Waals surface area contributed by atoms with Gasteiger partial charge in [-0.25, -0.2) is 8.42 Å². The summed E-state index contributed by atoms with van der Waals surface area (Å²) in [6.07, 6.45) is 0. The van der Waals surface area contributed by atoms with E-state index in [-0.39, 0.29) is 10.9 Å². The summed E-state index contributed by atoms with van der Waals surface area (Å²) >= 11 is 6.10. The number of nitrogens with zero attached hydrogens (tertiary/aromatic N) is 1. The van der Waals surface area contributed by atoms with Crippen molar-refractivity contribution in [1.29, 1.82) is 0 Å². The molecule has 0 saturated carbocycles. The molecule has 1 atom stereocenters. The minimum absolute atomic E-state index is 0.0812. The maximum absolute atomic E-state index is 13.4. The van der Waals surface area contributed by atoms with E-state index in [0.717, 1.165) is 9.87 Å². The van der Waals surface area contributed by atoms with Crippen LogP contribution in [0.25, 0.3) is 0 Å². The molecule has 0 aliphatic carbocycles. The van der Waals surface area contributed by atoms with E-state index in [0.29, 0.717) is 35.4 Å². The highest BCUT2D eigenvalue weighted by Gasteiger charge is 2.28. The van der Waals surface area contributed by atoms with Crippen molar-refractivity contribution in [3.05, 3.63) is 83.4 Å². The monoisotopic (exact) mass is 486 g/mol. The van der Waals surface area contributed by atoms with Crippen molar-refractivity contribution in [1.82, 2.24) is 5.32 Å². The first-order chi connectivity index (χ1) is 15.8. The number of rotatable bonds is 7. The van der Waals surface area contributed by atoms with E-state index in [2.05, 4.69) is 5.32 Å². The standard InChI is InChI=1S/C24H23ClN2O5S/c1-17(18-10-11-22-23(14-18)32-13-12-31-22)26-24(28)16-27(20-7-5-6-19(25)15-20)33(29,30)21-8-3-2-4-9-21/h2-11,14-15,17H,12-13,16H2,1H3,(H,26,28)/t17-/m1/s1. The van der Waals surface area contributed by atoms with Gasteiger partial charge in [0, 0.05) is 5.02 Å². The second kappa shape index (κ2) is 9.72. The Morgan fingerprint density at radius 3 is 2.45 bits per heavy atom. The predicted octanol–water partition coefficient (Wildman–Crippen LogP) is 4.18. The van der Waals surface area contributed by atoms with E-state index < -0.39 is 22.5 Å². The molecule has 4 rings (SSSR count). The number of ether oxygens (including phenoxy) is 2. The van der Waals surface area contributed by atoms with Crippen molar-refractivity contribution >= 4 is 33.2 Å². The van der Waals surface area contributed by atoms with Gasteiger partial charge < -0.3 is 14.8 Å². The van der Waals surface area contributed by atoms with Crippen LogP contribution < -0.4 is 19.1 Å². The van der Waals surface area contributed by atoms with Gasteiger partial charge in [0.1, 0.15) is 19.8 Å². The number of benzene rings is 3. The van der Waals surface area contributed by atoms with Crippen LogP contribution in [-0.2, 0) is 14.8 Å². The molecule has 0 saturated heterocycles. The molecule has 1 amide bonds. The van der Waals surface area contributed by atoms with Gasteiger partial charge in [-0.2, -0.15) is 0 Å². The Hall–Kier alpha value is -3.23. The molecule has 0 aromatic heterocycles. The van der Waals surface area contributed by atoms with Gasteiger partial charge in [0.2, 0.25) is 5.91 Å². The molecule has 9 heteroatoms. The molecule has 0 radical (unpaired) electrons. The summed E-state index contributed by atoms with van der Waals surface area (Å²) in [6, 6.07) is 19.4. The topological polar surface area (TPSA) is 84.9 Å². The van der Waals surface area contributed by atoms with Crippen molar-refractivity contribution in [2.45, 2.75) is 17.9 Å². The van der Waals surface area contributed by atoms with Gasteiger partial charge in [-0.05, 0) is 55.0 Å². The summed E-state index contributed by atoms with van der Waals surface area (Å²) in [7, 11) is -4.00. The van der Waals surface area contributed by atoms with Gasteiger partial charge >= 0.3 is 0 Å². The fraction of sp³-hybridized carbons (Fsp3) is 0.208. The minimum atomic E-state index is -4.00. The van der Waals surface area contributed by atoms with Crippen molar-refractivity contribution in [2.75, 3.05) is 24.1 Å². The van der Waals surface area contributed by atoms with Crippen molar-refractivity contribution in [3.63, 3.8) is 0 Å². The number of carbonyl (C=O) groups excluding carboxylic acids is 1. The summed E-state index contributed by atoms with van der Waals surface area (Å²) in [5.74, 6) is 0.813. The minimum Gasteiger partial charge on any atom is -0.486 e. The molecule has 0 unspecified atom stereocenters. The van der Waals surface area contributed by atoms with Gasteiger partial charge in [0.15, 0.2) is 11.5 Å². The number of nitrogens with one attached hydrogen (secondary N) is 1. The van der Waals surface area contributed by atoms with E-state index >= 15 is 0 Å². The number of sulfonamides is 1. The Morgan fingerprint density at radius 1 is 1.00 bits per heavy atom. The molecular weight excluding hydrogens is 464 g/mol. The fourth-order valence-electron chi connectivity index (χ4n) is 3.50. The van der Waals surface area contributed by atoms with Crippen LogP contribution in [0.1, 0.15) is 18.5 Å². The van der Waals surface area contributed by atoms with Gasteiger partial charge in [-0.15, -0.1) is 0 Å². The Kier molecular flexibility index (Phi) is 6.76. The first-order valence-corrected chi connectivity index (χ1v) is 12.2. The molecule has 0 bridgehead atoms. The molecule has 1 aliphatic heterocycles. The molecule has 0 spiro atoms. The molecular formula is C24H23ClN2O5S. The number of fused-ring (bicyclic) bond motifs is 1. The quantitative estimate of drug-likeness (QED) is 0.541. The summed E-state index contributed by atoms with van der Waals surface area (Å²) in [6.45, 7) is 2.36. The smallest absolute Gasteiger partial charge is 0.264 e. The average molecular weight is 487 g/mol. The van der Waals surface area contributed by atoms with Crippen molar-refractivity contribution in [2.24, 2.45) is 0 Å². The lowest BCUT2D eigenvalue weighted by atomic mass is 10.1. The van der Waals surface area contributed by atoms with Crippen LogP contribution in [0.4, 0.5) is 5.69 Å². The Labute approximate surface area is 197 Å². The summed E-state index contributed by atoms with van der Waals surface area (Å²) < 4.78 is 38.9. The lowest BCUT2D eigenvalue weighted by Crippen LogP contribution is -2.41. The van der Waals surface area contributed by atoms with E-state index in [1.54, 1.807) is 42.5 Å². The number of anilines is 1. The number of hydrogen-bond donors (Lipinski definition) is 1. The van der Waals surface area contributed by atoms with Crippen LogP contribution >= 0.6 is 11.6 Å². The molecule has 172 valence electrons. The molecule has 0 fully saturated rings. The molecule has 1 N–H and O–H groups in total. The number of amides is 1. The number of halogens is 1. The van der Waals surface area contributed by atoms with E-state index in [4.69, 9.17) is 21.1 Å². The van der Waals surface area contributed by atoms with Gasteiger partial charge in [-0.1, -0.05) is 41.9 Å². The second-order valence-corrected chi connectivity index (χ2v) is 9.80. The maximum Gasteiger partial charge on any atom is 0.264 e. The Balaban J connectivity index is 1.56. The summed E-state index contributed by atoms with van der Waals surface area (Å²) in [5.41, 5.74) is 1.11. The number of carbonyl (C=O) groups is 1. The molecule has 33 heavy (non-hydrogen) atoms. The number of hydrogen-bond acceptors (Lipinski definition) is 5. The lowest BCUT2D eigenvalue weighted by Gasteiger charge is -2.25. The maximum atomic E-state index is 13.4. The highest BCUT2D eigenvalue weighted by atomic mass is 35.5. The molecule has 3 aromatic carbocycles. The van der Waals surface area contributed by atoms with Crippen molar-refractivity contribution in [3.8, 4) is 11.5 Å². The molecule has 7 nitrogen and oxygen atoms in total. The first kappa shape index (κ1) is 22.9. The molecule has 1 heterocycles. The van der Waals surface area contributed by atoms with Crippen LogP contribution in [0.15, 0.2) is 77.7 Å². The normalized spacial score (nSPS) is 13.8. The molecule has 3 aromatic rings. The Bertz CT molecular complexity index is 1250. The summed E-state index contributed by atoms with van der Waals surface area (Å²) in [5, 5.41) is 3.23. The van der Waals surface area contributed by atoms with Gasteiger partial charge in [-0.3, -0.25) is 9.10 Å². The average Bonchev–Trinajstić information content (AvgIpc) is 2.82. The second-order valence-electron chi connectivity index (χ2n) is 7.50. The zero-order chi connectivity index (χ0) is 23.4. The zero-order valence-corrected chi connectivity index (χ0v) is 19.5. The van der Waals surface area contributed by atoms with E-state index in [1.807, 2.05) is 19.1 Å². The lowest BCUT2D eigenvalue weighted by molar-refractivity contribution is -0.120. The van der Waals surface area contributed by atoms with E-state index in [9.17, 15) is 13.2 Å². The summed E-state index contributed by atoms with van der Waals surface area (Å²) in [4.78, 5) is 13.0. The largest absolute Gasteiger partial charge is 0.486 e. The first-order valence-electron chi connectivity index (χ1n) is 10.4. The van der Waals surface area contributed by atoms with Crippen LogP contribution in [-0.4, -0.2) is 34.1 Å². The van der Waals surface area contributed by atoms with Gasteiger partial charge in [0.25, 0.3) is 10.0 Å². The van der Waals surface area contributed by atoms with Crippen LogP contribution in [0.5, 0.6) is 11.5 Å². The van der Waals surface area contributed by atoms with Crippen molar-refractivity contribution < 1.29 is 22.7 Å². The van der Waals surface area contributed by atoms with Gasteiger partial charge in [0.05, 0.1) is 16.6 Å². The highest BCUT2D eigenvalue weighted by molar-refractivity contribution is 7.92.